The normalized spacial score (nSPS) is 9.90. The number of nitrogens with zero attached hydrogens (tertiary/aromatic N) is 1. The lowest BCUT2D eigenvalue weighted by Crippen LogP contribution is -2.13. The van der Waals surface area contributed by atoms with E-state index in [1.54, 1.807) is 30.3 Å². The molecule has 0 fully saturated rings. The third-order valence-electron chi connectivity index (χ3n) is 3.13. The molecule has 106 valence electrons. The van der Waals surface area contributed by atoms with Gasteiger partial charge in [0.1, 0.15) is 12.4 Å². The molecule has 0 saturated carbocycles. The third-order valence-corrected chi connectivity index (χ3v) is 3.13. The maximum atomic E-state index is 11.4. The number of benzene rings is 2. The summed E-state index contributed by atoms with van der Waals surface area (Å²) in [5.41, 5.74) is 14.2. The molecule has 2 aromatic rings. The molecule has 0 aliphatic heterocycles. The highest BCUT2D eigenvalue weighted by molar-refractivity contribution is 5.96. The van der Waals surface area contributed by atoms with E-state index < -0.39 is 5.91 Å². The van der Waals surface area contributed by atoms with Crippen LogP contribution in [0.2, 0.25) is 0 Å². The van der Waals surface area contributed by atoms with Crippen molar-refractivity contribution in [2.45, 2.75) is 13.5 Å². The Hall–Kier alpha value is -3.00. The molecule has 0 aromatic heterocycles. The number of ether oxygens (including phenoxy) is 1. The summed E-state index contributed by atoms with van der Waals surface area (Å²) in [4.78, 5) is 11.4. The molecule has 5 nitrogen and oxygen atoms in total. The van der Waals surface area contributed by atoms with Crippen LogP contribution in [0.25, 0.3) is 0 Å². The van der Waals surface area contributed by atoms with Crippen molar-refractivity contribution in [2.75, 3.05) is 5.73 Å². The van der Waals surface area contributed by atoms with Crippen LogP contribution in [0.5, 0.6) is 5.75 Å². The molecule has 0 atom stereocenters. The molecular weight excluding hydrogens is 266 g/mol. The van der Waals surface area contributed by atoms with Crippen LogP contribution in [0.15, 0.2) is 36.4 Å². The molecule has 21 heavy (non-hydrogen) atoms. The van der Waals surface area contributed by atoms with Crippen LogP contribution in [0.3, 0.4) is 0 Å². The fourth-order valence-corrected chi connectivity index (χ4v) is 1.94. The average Bonchev–Trinajstić information content (AvgIpc) is 2.45. The van der Waals surface area contributed by atoms with E-state index in [1.165, 1.54) is 0 Å². The highest BCUT2D eigenvalue weighted by Gasteiger charge is 2.10. The van der Waals surface area contributed by atoms with Gasteiger partial charge in [0.05, 0.1) is 17.2 Å². The minimum atomic E-state index is -0.568. The Labute approximate surface area is 122 Å². The maximum Gasteiger partial charge on any atom is 0.252 e. The molecule has 0 radical (unpaired) electrons. The second kappa shape index (κ2) is 5.97. The first-order valence-corrected chi connectivity index (χ1v) is 6.33. The Morgan fingerprint density at radius 3 is 2.67 bits per heavy atom. The summed E-state index contributed by atoms with van der Waals surface area (Å²) >= 11 is 0. The van der Waals surface area contributed by atoms with Crippen LogP contribution in [-0.2, 0) is 6.61 Å². The zero-order chi connectivity index (χ0) is 15.4. The molecule has 2 rings (SSSR count). The van der Waals surface area contributed by atoms with E-state index in [0.29, 0.717) is 17.0 Å². The molecular formula is C16H15N3O2. The molecule has 0 aliphatic carbocycles. The molecule has 1 amide bonds. The number of hydrogen-bond acceptors (Lipinski definition) is 4. The Bertz CT molecular complexity index is 733. The maximum absolute atomic E-state index is 11.4. The summed E-state index contributed by atoms with van der Waals surface area (Å²) in [5.74, 6) is -0.215. The number of carbonyl (C=O) groups excluding carboxylic acids is 1. The lowest BCUT2D eigenvalue weighted by atomic mass is 10.1. The van der Waals surface area contributed by atoms with Gasteiger partial charge in [0.15, 0.2) is 0 Å². The molecule has 4 N–H and O–H groups in total. The first kappa shape index (κ1) is 14.4. The van der Waals surface area contributed by atoms with Gasteiger partial charge in [0.2, 0.25) is 0 Å². The van der Waals surface area contributed by atoms with Crippen molar-refractivity contribution >= 4 is 11.6 Å². The second-order valence-corrected chi connectivity index (χ2v) is 4.66. The van der Waals surface area contributed by atoms with Gasteiger partial charge in [-0.05, 0) is 42.3 Å². The Morgan fingerprint density at radius 1 is 1.29 bits per heavy atom. The Morgan fingerprint density at radius 2 is 2.05 bits per heavy atom. The Balaban J connectivity index is 2.22. The number of carbonyl (C=O) groups is 1. The summed E-state index contributed by atoms with van der Waals surface area (Å²) in [7, 11) is 0. The van der Waals surface area contributed by atoms with E-state index in [0.717, 1.165) is 11.1 Å². The van der Waals surface area contributed by atoms with Gasteiger partial charge in [-0.1, -0.05) is 6.07 Å². The first-order valence-electron chi connectivity index (χ1n) is 6.33. The molecule has 0 saturated heterocycles. The summed E-state index contributed by atoms with van der Waals surface area (Å²) < 4.78 is 5.66. The van der Waals surface area contributed by atoms with Crippen LogP contribution < -0.4 is 16.2 Å². The second-order valence-electron chi connectivity index (χ2n) is 4.66. The van der Waals surface area contributed by atoms with E-state index >= 15 is 0 Å². The standard InChI is InChI=1S/C16H15N3O2/c1-10-6-11(8-17)2-3-12(10)9-21-15-7-13(18)4-5-14(15)16(19)20/h2-7H,9,18H2,1H3,(H2,19,20). The van der Waals surface area contributed by atoms with Crippen molar-refractivity contribution in [1.82, 2.24) is 0 Å². The summed E-state index contributed by atoms with van der Waals surface area (Å²) in [6.45, 7) is 2.16. The Kier molecular flexibility index (Phi) is 4.10. The number of rotatable bonds is 4. The van der Waals surface area contributed by atoms with Crippen molar-refractivity contribution in [3.63, 3.8) is 0 Å². The monoisotopic (exact) mass is 281 g/mol. The van der Waals surface area contributed by atoms with Gasteiger partial charge in [-0.15, -0.1) is 0 Å². The van der Waals surface area contributed by atoms with Crippen molar-refractivity contribution in [3.05, 3.63) is 58.7 Å². The van der Waals surface area contributed by atoms with Gasteiger partial charge < -0.3 is 16.2 Å². The van der Waals surface area contributed by atoms with Gasteiger partial charge in [0, 0.05) is 11.8 Å². The molecule has 0 spiro atoms. The number of nitrogens with two attached hydrogens (primary N) is 2. The fraction of sp³-hybridized carbons (Fsp3) is 0.125. The lowest BCUT2D eigenvalue weighted by Gasteiger charge is -2.12. The van der Waals surface area contributed by atoms with Gasteiger partial charge in [-0.2, -0.15) is 5.26 Å². The molecule has 5 heteroatoms. The van der Waals surface area contributed by atoms with Crippen LogP contribution in [0.1, 0.15) is 27.0 Å². The van der Waals surface area contributed by atoms with Gasteiger partial charge in [0.25, 0.3) is 5.91 Å². The van der Waals surface area contributed by atoms with E-state index in [2.05, 4.69) is 6.07 Å². The van der Waals surface area contributed by atoms with Gasteiger partial charge in [-0.25, -0.2) is 0 Å². The predicted molar refractivity (Wildman–Crippen MR) is 79.6 cm³/mol. The molecule has 2 aromatic carbocycles. The number of anilines is 1. The lowest BCUT2D eigenvalue weighted by molar-refractivity contribution is 0.0996. The summed E-state index contributed by atoms with van der Waals surface area (Å²) in [6, 6.07) is 12.1. The van der Waals surface area contributed by atoms with Crippen LogP contribution in [0, 0.1) is 18.3 Å². The molecule has 0 heterocycles. The number of primary amides is 1. The number of aryl methyl sites for hydroxylation is 1. The topological polar surface area (TPSA) is 102 Å². The van der Waals surface area contributed by atoms with Crippen molar-refractivity contribution in [2.24, 2.45) is 5.73 Å². The molecule has 0 unspecified atom stereocenters. The highest BCUT2D eigenvalue weighted by Crippen LogP contribution is 2.23. The van der Waals surface area contributed by atoms with E-state index in [1.807, 2.05) is 13.0 Å². The van der Waals surface area contributed by atoms with Crippen molar-refractivity contribution in [3.8, 4) is 11.8 Å². The molecule has 0 aliphatic rings. The smallest absolute Gasteiger partial charge is 0.252 e. The molecule has 0 bridgehead atoms. The minimum absolute atomic E-state index is 0.265. The van der Waals surface area contributed by atoms with Gasteiger partial charge >= 0.3 is 0 Å². The third kappa shape index (κ3) is 3.31. The first-order chi connectivity index (χ1) is 10.0. The summed E-state index contributed by atoms with van der Waals surface area (Å²) in [6.07, 6.45) is 0. The van der Waals surface area contributed by atoms with E-state index in [4.69, 9.17) is 21.5 Å². The fourth-order valence-electron chi connectivity index (χ4n) is 1.94. The van der Waals surface area contributed by atoms with Gasteiger partial charge in [-0.3, -0.25) is 4.79 Å². The van der Waals surface area contributed by atoms with Crippen LogP contribution in [0.4, 0.5) is 5.69 Å². The largest absolute Gasteiger partial charge is 0.488 e. The summed E-state index contributed by atoms with van der Waals surface area (Å²) in [5, 5.41) is 8.84. The zero-order valence-corrected chi connectivity index (χ0v) is 11.6. The number of amides is 1. The van der Waals surface area contributed by atoms with Crippen LogP contribution in [-0.4, -0.2) is 5.91 Å². The minimum Gasteiger partial charge on any atom is -0.488 e. The zero-order valence-electron chi connectivity index (χ0n) is 11.6. The number of nitriles is 1. The van der Waals surface area contributed by atoms with E-state index in [9.17, 15) is 4.79 Å². The number of nitrogen functional groups attached to an aromatic ring is 1. The average molecular weight is 281 g/mol. The van der Waals surface area contributed by atoms with Crippen molar-refractivity contribution < 1.29 is 9.53 Å². The van der Waals surface area contributed by atoms with E-state index in [-0.39, 0.29) is 12.2 Å². The van der Waals surface area contributed by atoms with Crippen molar-refractivity contribution in [1.29, 1.82) is 5.26 Å². The van der Waals surface area contributed by atoms with Crippen LogP contribution >= 0.6 is 0 Å². The predicted octanol–water partition coefficient (Wildman–Crippen LogP) is 2.13. The SMILES string of the molecule is Cc1cc(C#N)ccc1COc1cc(N)ccc1C(N)=O. The number of hydrogen-bond donors (Lipinski definition) is 2. The highest BCUT2D eigenvalue weighted by atomic mass is 16.5. The quantitative estimate of drug-likeness (QED) is 0.838.